The summed E-state index contributed by atoms with van der Waals surface area (Å²) < 4.78 is 16.4. The van der Waals surface area contributed by atoms with Crippen molar-refractivity contribution in [1.29, 1.82) is 0 Å². The summed E-state index contributed by atoms with van der Waals surface area (Å²) >= 11 is 0. The van der Waals surface area contributed by atoms with Crippen LogP contribution in [0.3, 0.4) is 0 Å². The van der Waals surface area contributed by atoms with Crippen molar-refractivity contribution >= 4 is 11.9 Å². The van der Waals surface area contributed by atoms with E-state index in [1.165, 1.54) is 77.0 Å². The summed E-state index contributed by atoms with van der Waals surface area (Å²) in [4.78, 5) is 24.7. The van der Waals surface area contributed by atoms with Crippen molar-refractivity contribution in [1.82, 2.24) is 0 Å². The second-order valence-corrected chi connectivity index (χ2v) is 10.7. The summed E-state index contributed by atoms with van der Waals surface area (Å²) in [5, 5.41) is 20.1. The van der Waals surface area contributed by atoms with E-state index in [4.69, 9.17) is 14.2 Å². The van der Waals surface area contributed by atoms with Crippen LogP contribution in [0.15, 0.2) is 0 Å². The van der Waals surface area contributed by atoms with Gasteiger partial charge in [0.25, 0.3) is 0 Å². The molecule has 7 nitrogen and oxygen atoms in total. The lowest BCUT2D eigenvalue weighted by Gasteiger charge is -2.25. The highest BCUT2D eigenvalue weighted by Gasteiger charge is 2.42. The van der Waals surface area contributed by atoms with Crippen LogP contribution >= 0.6 is 0 Å². The monoisotopic (exact) mass is 528 g/mol. The Balaban J connectivity index is 2.27. The van der Waals surface area contributed by atoms with Gasteiger partial charge in [0.15, 0.2) is 6.10 Å². The Hall–Kier alpha value is -1.18. The van der Waals surface area contributed by atoms with Crippen LogP contribution in [-0.2, 0) is 23.8 Å². The summed E-state index contributed by atoms with van der Waals surface area (Å²) in [5.41, 5.74) is 0. The third kappa shape index (κ3) is 17.1. The van der Waals surface area contributed by atoms with Crippen molar-refractivity contribution in [3.63, 3.8) is 0 Å². The molecule has 1 saturated heterocycles. The van der Waals surface area contributed by atoms with Gasteiger partial charge in [0.2, 0.25) is 0 Å². The average Bonchev–Trinajstić information content (AvgIpc) is 3.22. The Morgan fingerprint density at radius 1 is 0.703 bits per heavy atom. The molecule has 0 bridgehead atoms. The van der Waals surface area contributed by atoms with E-state index in [-0.39, 0.29) is 31.6 Å². The zero-order valence-corrected chi connectivity index (χ0v) is 23.8. The molecule has 37 heavy (non-hydrogen) atoms. The maximum atomic E-state index is 12.4. The predicted molar refractivity (Wildman–Crippen MR) is 146 cm³/mol. The van der Waals surface area contributed by atoms with E-state index in [1.807, 2.05) is 0 Å². The molecule has 0 saturated carbocycles. The number of hydrogen-bond acceptors (Lipinski definition) is 7. The third-order valence-electron chi connectivity index (χ3n) is 7.22. The molecule has 1 fully saturated rings. The maximum absolute atomic E-state index is 12.4. The van der Waals surface area contributed by atoms with Crippen LogP contribution in [0.5, 0.6) is 0 Å². The van der Waals surface area contributed by atoms with E-state index < -0.39 is 24.4 Å². The highest BCUT2D eigenvalue weighted by molar-refractivity contribution is 5.70. The quantitative estimate of drug-likeness (QED) is 0.110. The minimum Gasteiger partial charge on any atom is -0.462 e. The second kappa shape index (κ2) is 22.8. The molecule has 1 rings (SSSR count). The van der Waals surface area contributed by atoms with Crippen LogP contribution < -0.4 is 0 Å². The third-order valence-corrected chi connectivity index (χ3v) is 7.22. The molecule has 1 aliphatic rings. The largest absolute Gasteiger partial charge is 0.462 e. The molecule has 1 aliphatic heterocycles. The number of unbranched alkanes of at least 4 members (excludes halogenated alkanes) is 16. The lowest BCUT2D eigenvalue weighted by molar-refractivity contribution is -0.170. The molecule has 0 radical (unpaired) electrons. The van der Waals surface area contributed by atoms with Crippen LogP contribution in [0.25, 0.3) is 0 Å². The molecule has 2 N–H and O–H groups in total. The van der Waals surface area contributed by atoms with Gasteiger partial charge in [-0.2, -0.15) is 0 Å². The normalized spacial score (nSPS) is 20.2. The van der Waals surface area contributed by atoms with Crippen molar-refractivity contribution in [2.75, 3.05) is 13.2 Å². The molecule has 0 aromatic carbocycles. The van der Waals surface area contributed by atoms with Crippen LogP contribution in [0.1, 0.15) is 142 Å². The Kier molecular flexibility index (Phi) is 20.8. The predicted octanol–water partition coefficient (Wildman–Crippen LogP) is 6.40. The molecule has 0 aromatic rings. The van der Waals surface area contributed by atoms with Gasteiger partial charge in [0, 0.05) is 12.8 Å². The summed E-state index contributed by atoms with van der Waals surface area (Å²) in [6.45, 7) is 4.23. The molecule has 1 heterocycles. The van der Waals surface area contributed by atoms with Gasteiger partial charge in [0.05, 0.1) is 6.61 Å². The first kappa shape index (κ1) is 33.8. The highest BCUT2D eigenvalue weighted by Crippen LogP contribution is 2.21. The van der Waals surface area contributed by atoms with Gasteiger partial charge in [-0.05, 0) is 12.8 Å². The van der Waals surface area contributed by atoms with Gasteiger partial charge in [-0.1, -0.05) is 117 Å². The van der Waals surface area contributed by atoms with Gasteiger partial charge in [-0.3, -0.25) is 9.59 Å². The molecule has 4 atom stereocenters. The lowest BCUT2D eigenvalue weighted by Crippen LogP contribution is -2.44. The van der Waals surface area contributed by atoms with Crippen molar-refractivity contribution in [2.24, 2.45) is 0 Å². The first-order valence-electron chi connectivity index (χ1n) is 15.3. The fourth-order valence-corrected chi connectivity index (χ4v) is 4.78. The summed E-state index contributed by atoms with van der Waals surface area (Å²) in [5.74, 6) is -0.726. The molecule has 0 amide bonds. The van der Waals surface area contributed by atoms with Gasteiger partial charge in [0.1, 0.15) is 24.9 Å². The average molecular weight is 529 g/mol. The zero-order chi connectivity index (χ0) is 27.1. The number of ether oxygens (including phenoxy) is 3. The minimum absolute atomic E-state index is 0.0372. The number of carbonyl (C=O) groups excluding carboxylic acids is 2. The minimum atomic E-state index is -1.18. The number of aliphatic hydroxyl groups is 2. The number of aliphatic hydroxyl groups excluding tert-OH is 2. The standard InChI is InChI=1S/C30H56O7/c1-3-5-7-9-11-13-15-17-19-21-27(32)35-24-26(30-29(34)25(31)23-36-30)37-28(33)22-20-18-16-14-12-10-8-6-4-2/h25-26,29-31,34H,3-24H2,1-2H3/t25?,26-,29+,30-/m1/s1. The van der Waals surface area contributed by atoms with E-state index in [0.29, 0.717) is 6.42 Å². The lowest BCUT2D eigenvalue weighted by atomic mass is 10.1. The summed E-state index contributed by atoms with van der Waals surface area (Å²) in [7, 11) is 0. The Morgan fingerprint density at radius 2 is 1.14 bits per heavy atom. The van der Waals surface area contributed by atoms with Gasteiger partial charge in [-0.15, -0.1) is 0 Å². The van der Waals surface area contributed by atoms with Crippen LogP contribution in [-0.4, -0.2) is 59.8 Å². The van der Waals surface area contributed by atoms with Gasteiger partial charge >= 0.3 is 11.9 Å². The van der Waals surface area contributed by atoms with E-state index in [0.717, 1.165) is 38.5 Å². The van der Waals surface area contributed by atoms with Crippen molar-refractivity contribution in [3.05, 3.63) is 0 Å². The van der Waals surface area contributed by atoms with E-state index in [2.05, 4.69) is 13.8 Å². The van der Waals surface area contributed by atoms with E-state index in [1.54, 1.807) is 0 Å². The fraction of sp³-hybridized carbons (Fsp3) is 0.933. The molecule has 7 heteroatoms. The van der Waals surface area contributed by atoms with Crippen LogP contribution in [0, 0.1) is 0 Å². The summed E-state index contributed by atoms with van der Waals surface area (Å²) in [6.07, 6.45) is 17.5. The number of hydrogen-bond donors (Lipinski definition) is 2. The topological polar surface area (TPSA) is 102 Å². The molecule has 0 aliphatic carbocycles. The number of rotatable bonds is 24. The Labute approximate surface area is 226 Å². The Morgan fingerprint density at radius 3 is 1.57 bits per heavy atom. The molecule has 1 unspecified atom stereocenters. The number of esters is 2. The van der Waals surface area contributed by atoms with Gasteiger partial charge < -0.3 is 24.4 Å². The summed E-state index contributed by atoms with van der Waals surface area (Å²) in [6, 6.07) is 0. The molecule has 0 spiro atoms. The van der Waals surface area contributed by atoms with Crippen molar-refractivity contribution < 1.29 is 34.0 Å². The number of carbonyl (C=O) groups is 2. The van der Waals surface area contributed by atoms with Gasteiger partial charge in [-0.25, -0.2) is 0 Å². The van der Waals surface area contributed by atoms with E-state index >= 15 is 0 Å². The van der Waals surface area contributed by atoms with E-state index in [9.17, 15) is 19.8 Å². The first-order chi connectivity index (χ1) is 18.0. The van der Waals surface area contributed by atoms with Crippen molar-refractivity contribution in [3.8, 4) is 0 Å². The Bertz CT molecular complexity index is 568. The molecule has 0 aromatic heterocycles. The second-order valence-electron chi connectivity index (χ2n) is 10.7. The first-order valence-corrected chi connectivity index (χ1v) is 15.3. The van der Waals surface area contributed by atoms with Crippen LogP contribution in [0.4, 0.5) is 0 Å². The SMILES string of the molecule is CCCCCCCCCCCC(=O)OC[C@@H](OC(=O)CCCCCCCCCCC)[C@H]1OCC(O)[C@@H]1O. The fourth-order valence-electron chi connectivity index (χ4n) is 4.78. The highest BCUT2D eigenvalue weighted by atomic mass is 16.6. The molecule has 218 valence electrons. The van der Waals surface area contributed by atoms with Crippen LogP contribution in [0.2, 0.25) is 0 Å². The smallest absolute Gasteiger partial charge is 0.306 e. The zero-order valence-electron chi connectivity index (χ0n) is 23.8. The maximum Gasteiger partial charge on any atom is 0.306 e. The molecular weight excluding hydrogens is 472 g/mol. The molecular formula is C30H56O7. The van der Waals surface area contributed by atoms with Crippen molar-refractivity contribution in [2.45, 2.75) is 167 Å².